The molecule has 0 aliphatic carbocycles. The molecule has 0 bridgehead atoms. The minimum absolute atomic E-state index is 0.189. The van der Waals surface area contributed by atoms with Crippen LogP contribution in [0.4, 0.5) is 0 Å². The number of carboxylic acid groups (broad SMARTS) is 1. The number of carbonyl (C=O) groups is 1. The SMILES string of the molecule is COc1cc(CC(=O)O)nc2c(Cl)cc(Cl)cc12. The molecule has 0 fully saturated rings. The van der Waals surface area contributed by atoms with E-state index in [0.29, 0.717) is 32.4 Å². The number of ether oxygens (including phenoxy) is 1. The Kier molecular flexibility index (Phi) is 3.59. The number of hydrogen-bond donors (Lipinski definition) is 1. The molecule has 6 heteroatoms. The van der Waals surface area contributed by atoms with Crippen molar-refractivity contribution in [3.05, 3.63) is 33.9 Å². The van der Waals surface area contributed by atoms with Crippen LogP contribution in [0.3, 0.4) is 0 Å². The summed E-state index contributed by atoms with van der Waals surface area (Å²) in [6.45, 7) is 0. The fourth-order valence-corrected chi connectivity index (χ4v) is 2.22. The van der Waals surface area contributed by atoms with Crippen LogP contribution < -0.4 is 4.74 Å². The maximum absolute atomic E-state index is 10.7. The average molecular weight is 286 g/mol. The van der Waals surface area contributed by atoms with Gasteiger partial charge < -0.3 is 9.84 Å². The lowest BCUT2D eigenvalue weighted by Crippen LogP contribution is -2.03. The summed E-state index contributed by atoms with van der Waals surface area (Å²) in [5.41, 5.74) is 0.868. The van der Waals surface area contributed by atoms with Crippen LogP contribution in [0.25, 0.3) is 10.9 Å². The molecule has 1 N–H and O–H groups in total. The van der Waals surface area contributed by atoms with Crippen molar-refractivity contribution in [2.75, 3.05) is 7.11 Å². The highest BCUT2D eigenvalue weighted by Gasteiger charge is 2.12. The Morgan fingerprint density at radius 3 is 2.72 bits per heavy atom. The maximum Gasteiger partial charge on any atom is 0.309 e. The molecule has 4 nitrogen and oxygen atoms in total. The predicted molar refractivity (Wildman–Crippen MR) is 69.7 cm³/mol. The zero-order valence-electron chi connectivity index (χ0n) is 9.41. The van der Waals surface area contributed by atoms with Crippen molar-refractivity contribution in [1.29, 1.82) is 0 Å². The van der Waals surface area contributed by atoms with E-state index in [1.807, 2.05) is 0 Å². The first-order chi connectivity index (χ1) is 8.51. The largest absolute Gasteiger partial charge is 0.496 e. The smallest absolute Gasteiger partial charge is 0.309 e. The van der Waals surface area contributed by atoms with E-state index in [0.717, 1.165) is 0 Å². The van der Waals surface area contributed by atoms with Crippen LogP contribution in [-0.2, 0) is 11.2 Å². The lowest BCUT2D eigenvalue weighted by atomic mass is 10.1. The molecule has 0 spiro atoms. The maximum atomic E-state index is 10.7. The molecule has 0 radical (unpaired) electrons. The number of aliphatic carboxylic acids is 1. The van der Waals surface area contributed by atoms with Gasteiger partial charge in [-0.25, -0.2) is 0 Å². The molecule has 0 saturated carbocycles. The number of nitrogens with zero attached hydrogens (tertiary/aromatic N) is 1. The molecule has 18 heavy (non-hydrogen) atoms. The molecular formula is C12H9Cl2NO3. The van der Waals surface area contributed by atoms with Gasteiger partial charge in [-0.2, -0.15) is 0 Å². The number of aromatic nitrogens is 1. The monoisotopic (exact) mass is 285 g/mol. The standard InChI is InChI=1S/C12H9Cl2NO3/c1-18-10-4-7(5-11(16)17)15-12-8(10)2-6(13)3-9(12)14/h2-4H,5H2,1H3,(H,16,17). The molecule has 0 unspecified atom stereocenters. The highest BCUT2D eigenvalue weighted by atomic mass is 35.5. The molecule has 0 aliphatic heterocycles. The quantitative estimate of drug-likeness (QED) is 0.941. The van der Waals surface area contributed by atoms with Gasteiger partial charge in [0, 0.05) is 16.5 Å². The molecule has 1 heterocycles. The number of carboxylic acids is 1. The van der Waals surface area contributed by atoms with Crippen LogP contribution in [0.15, 0.2) is 18.2 Å². The predicted octanol–water partition coefficient (Wildman–Crippen LogP) is 3.18. The third kappa shape index (κ3) is 2.49. The average Bonchev–Trinajstić information content (AvgIpc) is 2.28. The molecule has 2 rings (SSSR count). The number of halogens is 2. The Hall–Kier alpha value is -1.52. The summed E-state index contributed by atoms with van der Waals surface area (Å²) in [7, 11) is 1.49. The summed E-state index contributed by atoms with van der Waals surface area (Å²) in [6.07, 6.45) is -0.189. The topological polar surface area (TPSA) is 59.4 Å². The van der Waals surface area contributed by atoms with Crippen LogP contribution in [-0.4, -0.2) is 23.2 Å². The van der Waals surface area contributed by atoms with Crippen molar-refractivity contribution in [1.82, 2.24) is 4.98 Å². The Balaban J connectivity index is 2.71. The van der Waals surface area contributed by atoms with E-state index in [4.69, 9.17) is 33.0 Å². The summed E-state index contributed by atoms with van der Waals surface area (Å²) in [5.74, 6) is -0.463. The Bertz CT molecular complexity index is 628. The Morgan fingerprint density at radius 2 is 2.11 bits per heavy atom. The summed E-state index contributed by atoms with van der Waals surface area (Å²) in [4.78, 5) is 14.9. The van der Waals surface area contributed by atoms with Crippen molar-refractivity contribution >= 4 is 40.1 Å². The first kappa shape index (κ1) is 12.9. The summed E-state index contributed by atoms with van der Waals surface area (Å²) in [6, 6.07) is 4.81. The molecule has 0 amide bonds. The first-order valence-electron chi connectivity index (χ1n) is 5.05. The normalized spacial score (nSPS) is 10.6. The van der Waals surface area contributed by atoms with Gasteiger partial charge in [-0.3, -0.25) is 9.78 Å². The Morgan fingerprint density at radius 1 is 1.39 bits per heavy atom. The number of fused-ring (bicyclic) bond motifs is 1. The van der Waals surface area contributed by atoms with Gasteiger partial charge in [-0.1, -0.05) is 23.2 Å². The van der Waals surface area contributed by atoms with E-state index in [2.05, 4.69) is 4.98 Å². The third-order valence-electron chi connectivity index (χ3n) is 2.40. The number of benzene rings is 1. The third-order valence-corrected chi connectivity index (χ3v) is 2.91. The molecule has 1 aromatic heterocycles. The van der Waals surface area contributed by atoms with Gasteiger partial charge in [-0.15, -0.1) is 0 Å². The van der Waals surface area contributed by atoms with E-state index >= 15 is 0 Å². The van der Waals surface area contributed by atoms with Crippen LogP contribution in [0, 0.1) is 0 Å². The van der Waals surface area contributed by atoms with Crippen molar-refractivity contribution in [2.45, 2.75) is 6.42 Å². The Labute approximate surface area is 113 Å². The van der Waals surface area contributed by atoms with Gasteiger partial charge in [0.05, 0.1) is 29.8 Å². The fourth-order valence-electron chi connectivity index (χ4n) is 1.69. The van der Waals surface area contributed by atoms with E-state index in [1.54, 1.807) is 18.2 Å². The van der Waals surface area contributed by atoms with E-state index in [-0.39, 0.29) is 6.42 Å². The van der Waals surface area contributed by atoms with E-state index in [9.17, 15) is 4.79 Å². The fraction of sp³-hybridized carbons (Fsp3) is 0.167. The van der Waals surface area contributed by atoms with Crippen LogP contribution >= 0.6 is 23.2 Å². The van der Waals surface area contributed by atoms with Crippen LogP contribution in [0.5, 0.6) is 5.75 Å². The number of methoxy groups -OCH3 is 1. The number of hydrogen-bond acceptors (Lipinski definition) is 3. The molecular weight excluding hydrogens is 277 g/mol. The van der Waals surface area contributed by atoms with Crippen molar-refractivity contribution in [3.8, 4) is 5.75 Å². The minimum Gasteiger partial charge on any atom is -0.496 e. The van der Waals surface area contributed by atoms with E-state index in [1.165, 1.54) is 7.11 Å². The summed E-state index contributed by atoms with van der Waals surface area (Å²) in [5, 5.41) is 10.3. The zero-order valence-corrected chi connectivity index (χ0v) is 10.9. The molecule has 0 aliphatic rings. The van der Waals surface area contributed by atoms with E-state index < -0.39 is 5.97 Å². The minimum atomic E-state index is -0.964. The number of pyridine rings is 1. The van der Waals surface area contributed by atoms with Crippen molar-refractivity contribution < 1.29 is 14.6 Å². The summed E-state index contributed by atoms with van der Waals surface area (Å²) < 4.78 is 5.21. The van der Waals surface area contributed by atoms with Gasteiger partial charge in [0.25, 0.3) is 0 Å². The lowest BCUT2D eigenvalue weighted by Gasteiger charge is -2.09. The van der Waals surface area contributed by atoms with Crippen LogP contribution in [0.2, 0.25) is 10.0 Å². The van der Waals surface area contributed by atoms with Crippen LogP contribution in [0.1, 0.15) is 5.69 Å². The second kappa shape index (κ2) is 5.00. The number of rotatable bonds is 3. The second-order valence-corrected chi connectivity index (χ2v) is 4.51. The lowest BCUT2D eigenvalue weighted by molar-refractivity contribution is -0.136. The van der Waals surface area contributed by atoms with Gasteiger partial charge in [0.15, 0.2) is 0 Å². The molecule has 94 valence electrons. The first-order valence-corrected chi connectivity index (χ1v) is 5.81. The van der Waals surface area contributed by atoms with Gasteiger partial charge >= 0.3 is 5.97 Å². The molecule has 2 aromatic rings. The van der Waals surface area contributed by atoms with Gasteiger partial charge in [-0.05, 0) is 12.1 Å². The summed E-state index contributed by atoms with van der Waals surface area (Å²) >= 11 is 12.0. The second-order valence-electron chi connectivity index (χ2n) is 3.67. The molecule has 0 atom stereocenters. The highest BCUT2D eigenvalue weighted by Crippen LogP contribution is 2.33. The van der Waals surface area contributed by atoms with Gasteiger partial charge in [0.1, 0.15) is 5.75 Å². The molecule has 1 aromatic carbocycles. The molecule has 0 saturated heterocycles. The van der Waals surface area contributed by atoms with Crippen molar-refractivity contribution in [3.63, 3.8) is 0 Å². The highest BCUT2D eigenvalue weighted by molar-refractivity contribution is 6.38. The zero-order chi connectivity index (χ0) is 13.3. The van der Waals surface area contributed by atoms with Crippen molar-refractivity contribution in [2.24, 2.45) is 0 Å². The van der Waals surface area contributed by atoms with Gasteiger partial charge in [0.2, 0.25) is 0 Å².